The van der Waals surface area contributed by atoms with Gasteiger partial charge in [0.15, 0.2) is 0 Å². The third kappa shape index (κ3) is 2.98. The van der Waals surface area contributed by atoms with E-state index in [1.54, 1.807) is 0 Å². The predicted octanol–water partition coefficient (Wildman–Crippen LogP) is 3.61. The minimum Gasteiger partial charge on any atom is -0.369 e. The molecule has 2 nitrogen and oxygen atoms in total. The lowest BCUT2D eigenvalue weighted by molar-refractivity contribution is 0.592. The molecule has 3 heteroatoms. The summed E-state index contributed by atoms with van der Waals surface area (Å²) >= 11 is 3.53. The van der Waals surface area contributed by atoms with Crippen molar-refractivity contribution >= 4 is 21.7 Å². The summed E-state index contributed by atoms with van der Waals surface area (Å²) in [5, 5.41) is 3.35. The van der Waals surface area contributed by atoms with E-state index >= 15 is 0 Å². The number of pyridine rings is 1. The molecule has 0 aliphatic heterocycles. The van der Waals surface area contributed by atoms with Crippen molar-refractivity contribution in [2.75, 3.05) is 11.9 Å². The van der Waals surface area contributed by atoms with Crippen LogP contribution in [0.15, 0.2) is 16.7 Å². The smallest absolute Gasteiger partial charge is 0.140 e. The van der Waals surface area contributed by atoms with Crippen LogP contribution in [-0.4, -0.2) is 11.5 Å². The second-order valence-corrected chi connectivity index (χ2v) is 4.48. The number of halogens is 1. The highest BCUT2D eigenvalue weighted by Crippen LogP contribution is 2.23. The van der Waals surface area contributed by atoms with E-state index in [-0.39, 0.29) is 0 Å². The quantitative estimate of drug-likeness (QED) is 0.891. The minimum absolute atomic E-state index is 0.684. The minimum atomic E-state index is 0.684. The van der Waals surface area contributed by atoms with E-state index in [1.807, 2.05) is 12.3 Å². The molecular formula is C11H17BrN2. The van der Waals surface area contributed by atoms with Crippen molar-refractivity contribution in [3.8, 4) is 0 Å². The molecule has 1 aromatic heterocycles. The lowest BCUT2D eigenvalue weighted by Crippen LogP contribution is -2.11. The fourth-order valence-electron chi connectivity index (χ4n) is 1.08. The molecule has 0 bridgehead atoms. The molecule has 14 heavy (non-hydrogen) atoms. The Morgan fingerprint density at radius 1 is 1.57 bits per heavy atom. The molecule has 0 fully saturated rings. The molecular weight excluding hydrogens is 240 g/mol. The second-order valence-electron chi connectivity index (χ2n) is 3.68. The number of aromatic nitrogens is 1. The van der Waals surface area contributed by atoms with Crippen molar-refractivity contribution in [2.45, 2.75) is 27.2 Å². The first-order chi connectivity index (χ1) is 6.65. The van der Waals surface area contributed by atoms with Gasteiger partial charge in [-0.15, -0.1) is 0 Å². The van der Waals surface area contributed by atoms with Gasteiger partial charge in [-0.3, -0.25) is 0 Å². The van der Waals surface area contributed by atoms with Crippen molar-refractivity contribution in [1.29, 1.82) is 0 Å². The van der Waals surface area contributed by atoms with Crippen LogP contribution in [0.4, 0.5) is 5.82 Å². The molecule has 0 radical (unpaired) electrons. The highest BCUT2D eigenvalue weighted by atomic mass is 79.9. The predicted molar refractivity (Wildman–Crippen MR) is 64.6 cm³/mol. The molecule has 0 aromatic carbocycles. The lowest BCUT2D eigenvalue weighted by Gasteiger charge is -2.12. The Bertz CT molecular complexity index is 299. The third-order valence-corrected chi connectivity index (χ3v) is 3.40. The molecule has 1 N–H and O–H groups in total. The largest absolute Gasteiger partial charge is 0.369 e. The summed E-state index contributed by atoms with van der Waals surface area (Å²) in [6, 6.07) is 2.00. The molecule has 1 rings (SSSR count). The molecule has 0 saturated heterocycles. The molecule has 1 atom stereocenters. The first kappa shape index (κ1) is 11.5. The van der Waals surface area contributed by atoms with Crippen molar-refractivity contribution in [3.05, 3.63) is 22.3 Å². The normalized spacial score (nSPS) is 12.6. The average Bonchev–Trinajstić information content (AvgIpc) is 2.20. The topological polar surface area (TPSA) is 24.9 Å². The number of hydrogen-bond donors (Lipinski definition) is 1. The number of rotatable bonds is 4. The molecule has 0 amide bonds. The number of nitrogens with one attached hydrogen (secondary N) is 1. The van der Waals surface area contributed by atoms with Gasteiger partial charge in [0.1, 0.15) is 5.82 Å². The molecule has 1 unspecified atom stereocenters. The Balaban J connectivity index is 2.63. The van der Waals surface area contributed by atoms with Crippen LogP contribution in [0.25, 0.3) is 0 Å². The zero-order valence-corrected chi connectivity index (χ0v) is 10.6. The van der Waals surface area contributed by atoms with Crippen LogP contribution < -0.4 is 5.32 Å². The maximum atomic E-state index is 4.29. The lowest BCUT2D eigenvalue weighted by atomic mass is 10.1. The Labute approximate surface area is 94.3 Å². The van der Waals surface area contributed by atoms with Crippen LogP contribution in [0.1, 0.15) is 25.8 Å². The van der Waals surface area contributed by atoms with Crippen LogP contribution in [0.5, 0.6) is 0 Å². The van der Waals surface area contributed by atoms with Gasteiger partial charge in [-0.2, -0.15) is 0 Å². The van der Waals surface area contributed by atoms with Gasteiger partial charge in [0.25, 0.3) is 0 Å². The van der Waals surface area contributed by atoms with E-state index in [9.17, 15) is 0 Å². The van der Waals surface area contributed by atoms with Crippen molar-refractivity contribution in [2.24, 2.45) is 5.92 Å². The van der Waals surface area contributed by atoms with Gasteiger partial charge >= 0.3 is 0 Å². The summed E-state index contributed by atoms with van der Waals surface area (Å²) in [5.74, 6) is 1.63. The summed E-state index contributed by atoms with van der Waals surface area (Å²) in [6.07, 6.45) is 3.02. The Morgan fingerprint density at radius 3 is 2.93 bits per heavy atom. The van der Waals surface area contributed by atoms with Crippen LogP contribution in [0.2, 0.25) is 0 Å². The van der Waals surface area contributed by atoms with E-state index in [0.29, 0.717) is 5.92 Å². The number of anilines is 1. The van der Waals surface area contributed by atoms with Crippen molar-refractivity contribution in [3.63, 3.8) is 0 Å². The maximum absolute atomic E-state index is 4.29. The van der Waals surface area contributed by atoms with Gasteiger partial charge < -0.3 is 5.32 Å². The standard InChI is InChI=1S/C11H17BrN2/c1-4-8(2)7-14-11-10(12)9(3)5-6-13-11/h5-6,8H,4,7H2,1-3H3,(H,13,14). The van der Waals surface area contributed by atoms with Crippen LogP contribution in [-0.2, 0) is 0 Å². The van der Waals surface area contributed by atoms with E-state index in [2.05, 4.69) is 47.0 Å². The van der Waals surface area contributed by atoms with Gasteiger partial charge in [0, 0.05) is 12.7 Å². The van der Waals surface area contributed by atoms with E-state index in [1.165, 1.54) is 12.0 Å². The average molecular weight is 257 g/mol. The Morgan fingerprint density at radius 2 is 2.29 bits per heavy atom. The fourth-order valence-corrected chi connectivity index (χ4v) is 1.45. The molecule has 0 aliphatic rings. The third-order valence-electron chi connectivity index (χ3n) is 2.40. The van der Waals surface area contributed by atoms with Crippen LogP contribution in [0, 0.1) is 12.8 Å². The van der Waals surface area contributed by atoms with Crippen LogP contribution in [0.3, 0.4) is 0 Å². The summed E-state index contributed by atoms with van der Waals surface area (Å²) in [4.78, 5) is 4.29. The number of nitrogens with zero attached hydrogens (tertiary/aromatic N) is 1. The molecule has 1 heterocycles. The molecule has 0 aliphatic carbocycles. The zero-order valence-electron chi connectivity index (χ0n) is 8.97. The monoisotopic (exact) mass is 256 g/mol. The number of aryl methyl sites for hydroxylation is 1. The maximum Gasteiger partial charge on any atom is 0.140 e. The van der Waals surface area contributed by atoms with E-state index in [0.717, 1.165) is 16.8 Å². The Kier molecular flexibility index (Phi) is 4.39. The summed E-state index contributed by atoms with van der Waals surface area (Å²) < 4.78 is 1.07. The van der Waals surface area contributed by atoms with Gasteiger partial charge in [-0.1, -0.05) is 20.3 Å². The zero-order chi connectivity index (χ0) is 10.6. The highest BCUT2D eigenvalue weighted by molar-refractivity contribution is 9.10. The van der Waals surface area contributed by atoms with Gasteiger partial charge in [-0.25, -0.2) is 4.98 Å². The SMILES string of the molecule is CCC(C)CNc1nccc(C)c1Br. The summed E-state index contributed by atoms with van der Waals surface area (Å²) in [5.41, 5.74) is 1.21. The van der Waals surface area contributed by atoms with Crippen molar-refractivity contribution < 1.29 is 0 Å². The Hall–Kier alpha value is -0.570. The molecule has 0 spiro atoms. The molecule has 0 saturated carbocycles. The van der Waals surface area contributed by atoms with E-state index < -0.39 is 0 Å². The first-order valence-electron chi connectivity index (χ1n) is 5.00. The highest BCUT2D eigenvalue weighted by Gasteiger charge is 2.04. The van der Waals surface area contributed by atoms with Crippen molar-refractivity contribution in [1.82, 2.24) is 4.98 Å². The van der Waals surface area contributed by atoms with Crippen LogP contribution >= 0.6 is 15.9 Å². The van der Waals surface area contributed by atoms with Gasteiger partial charge in [-0.05, 0) is 40.4 Å². The number of hydrogen-bond acceptors (Lipinski definition) is 2. The van der Waals surface area contributed by atoms with E-state index in [4.69, 9.17) is 0 Å². The summed E-state index contributed by atoms with van der Waals surface area (Å²) in [6.45, 7) is 7.48. The molecule has 78 valence electrons. The second kappa shape index (κ2) is 5.35. The first-order valence-corrected chi connectivity index (χ1v) is 5.79. The fraction of sp³-hybridized carbons (Fsp3) is 0.545. The molecule has 1 aromatic rings. The summed E-state index contributed by atoms with van der Waals surface area (Å²) in [7, 11) is 0. The van der Waals surface area contributed by atoms with Gasteiger partial charge in [0.05, 0.1) is 4.47 Å². The van der Waals surface area contributed by atoms with Gasteiger partial charge in [0.2, 0.25) is 0 Å².